The molecule has 1 spiro atoms. The van der Waals surface area contributed by atoms with Gasteiger partial charge in [0.1, 0.15) is 0 Å². The van der Waals surface area contributed by atoms with Crippen LogP contribution >= 0.6 is 0 Å². The lowest BCUT2D eigenvalue weighted by Crippen LogP contribution is -2.45. The highest BCUT2D eigenvalue weighted by molar-refractivity contribution is 5.87. The number of carbonyl (C=O) groups is 1. The van der Waals surface area contributed by atoms with E-state index in [-0.39, 0.29) is 5.54 Å². The molecule has 1 aliphatic carbocycles. The molecule has 1 aromatic heterocycles. The van der Waals surface area contributed by atoms with Crippen LogP contribution in [0.4, 0.5) is 0 Å². The van der Waals surface area contributed by atoms with Crippen molar-refractivity contribution in [3.8, 4) is 0 Å². The maximum absolute atomic E-state index is 12.8. The van der Waals surface area contributed by atoms with Crippen molar-refractivity contribution in [1.82, 2.24) is 9.88 Å². The first-order valence-electron chi connectivity index (χ1n) is 9.03. The van der Waals surface area contributed by atoms with Crippen molar-refractivity contribution in [3.05, 3.63) is 35.5 Å². The summed E-state index contributed by atoms with van der Waals surface area (Å²) in [5.74, 6) is 2.13. The molecule has 4 atom stereocenters. The van der Waals surface area contributed by atoms with Crippen LogP contribution < -0.4 is 0 Å². The molecule has 0 radical (unpaired) electrons. The van der Waals surface area contributed by atoms with Crippen molar-refractivity contribution >= 4 is 16.8 Å². The van der Waals surface area contributed by atoms with Crippen molar-refractivity contribution in [1.29, 1.82) is 0 Å². The highest BCUT2D eigenvalue weighted by Crippen LogP contribution is 2.60. The Morgan fingerprint density at radius 1 is 1.26 bits per heavy atom. The Labute approximate surface area is 137 Å². The Morgan fingerprint density at radius 2 is 2.09 bits per heavy atom. The van der Waals surface area contributed by atoms with Crippen molar-refractivity contribution < 1.29 is 4.79 Å². The van der Waals surface area contributed by atoms with Gasteiger partial charge in [-0.3, -0.25) is 4.79 Å². The van der Waals surface area contributed by atoms with Crippen LogP contribution in [-0.4, -0.2) is 22.3 Å². The predicted molar refractivity (Wildman–Crippen MR) is 91.1 cm³/mol. The topological polar surface area (TPSA) is 36.1 Å². The monoisotopic (exact) mass is 308 g/mol. The minimum absolute atomic E-state index is 0.0687. The zero-order chi connectivity index (χ0) is 15.8. The molecule has 1 aromatic carbocycles. The van der Waals surface area contributed by atoms with Crippen LogP contribution in [0.3, 0.4) is 0 Å². The summed E-state index contributed by atoms with van der Waals surface area (Å²) >= 11 is 0. The van der Waals surface area contributed by atoms with E-state index in [1.54, 1.807) is 0 Å². The van der Waals surface area contributed by atoms with Gasteiger partial charge in [-0.15, -0.1) is 0 Å². The van der Waals surface area contributed by atoms with Crippen LogP contribution in [0.1, 0.15) is 44.4 Å². The third kappa shape index (κ3) is 1.53. The van der Waals surface area contributed by atoms with Gasteiger partial charge >= 0.3 is 0 Å². The fraction of sp³-hybridized carbons (Fsp3) is 0.550. The van der Waals surface area contributed by atoms with Crippen LogP contribution in [0.5, 0.6) is 0 Å². The molecule has 3 aliphatic rings. The van der Waals surface area contributed by atoms with Crippen LogP contribution in [0, 0.1) is 17.8 Å². The number of nitrogens with one attached hydrogen (secondary N) is 1. The summed E-state index contributed by atoms with van der Waals surface area (Å²) in [5, 5.41) is 1.36. The van der Waals surface area contributed by atoms with Crippen LogP contribution in [-0.2, 0) is 16.8 Å². The van der Waals surface area contributed by atoms with Crippen molar-refractivity contribution in [2.45, 2.75) is 45.1 Å². The van der Waals surface area contributed by atoms with Crippen LogP contribution in [0.25, 0.3) is 10.9 Å². The Morgan fingerprint density at radius 3 is 2.96 bits per heavy atom. The Balaban J connectivity index is 1.82. The number of aromatic amines is 1. The second-order valence-electron chi connectivity index (χ2n) is 7.95. The Hall–Kier alpha value is -1.77. The molecule has 2 fully saturated rings. The number of fused-ring (bicyclic) bond motifs is 3. The molecule has 3 nitrogen and oxygen atoms in total. The van der Waals surface area contributed by atoms with Gasteiger partial charge in [-0.2, -0.15) is 0 Å². The van der Waals surface area contributed by atoms with E-state index in [0.717, 1.165) is 32.2 Å². The number of aromatic nitrogens is 1. The first kappa shape index (κ1) is 13.6. The van der Waals surface area contributed by atoms with Crippen molar-refractivity contribution in [2.24, 2.45) is 17.8 Å². The second-order valence-corrected chi connectivity index (χ2v) is 7.95. The minimum Gasteiger partial charge on any atom is -0.356 e. The number of benzene rings is 1. The van der Waals surface area contributed by atoms with E-state index in [0.29, 0.717) is 23.7 Å². The maximum Gasteiger partial charge on any atom is 0.223 e. The summed E-state index contributed by atoms with van der Waals surface area (Å²) < 4.78 is 0. The lowest BCUT2D eigenvalue weighted by Gasteiger charge is -2.38. The number of H-pyrrole nitrogens is 1. The van der Waals surface area contributed by atoms with Crippen molar-refractivity contribution in [2.75, 3.05) is 6.54 Å². The fourth-order valence-electron chi connectivity index (χ4n) is 5.84. The zero-order valence-electron chi connectivity index (χ0n) is 13.9. The van der Waals surface area contributed by atoms with Gasteiger partial charge in [-0.05, 0) is 48.6 Å². The minimum atomic E-state index is -0.0687. The fourth-order valence-corrected chi connectivity index (χ4v) is 5.84. The predicted octanol–water partition coefficient (Wildman–Crippen LogP) is 3.83. The average Bonchev–Trinajstić information content (AvgIpc) is 3.08. The van der Waals surface area contributed by atoms with Crippen LogP contribution in [0.15, 0.2) is 24.3 Å². The number of rotatable bonds is 0. The number of amides is 1. The van der Waals surface area contributed by atoms with E-state index in [4.69, 9.17) is 0 Å². The van der Waals surface area contributed by atoms with E-state index in [2.05, 4.69) is 48.0 Å². The summed E-state index contributed by atoms with van der Waals surface area (Å²) in [4.78, 5) is 18.8. The highest BCUT2D eigenvalue weighted by atomic mass is 16.2. The summed E-state index contributed by atoms with van der Waals surface area (Å²) in [6, 6.07) is 8.65. The molecule has 1 saturated heterocycles. The number of aryl methyl sites for hydroxylation is 1. The molecule has 23 heavy (non-hydrogen) atoms. The van der Waals surface area contributed by atoms with Gasteiger partial charge in [-0.25, -0.2) is 0 Å². The van der Waals surface area contributed by atoms with E-state index >= 15 is 0 Å². The molecule has 0 unspecified atom stereocenters. The molecule has 3 heterocycles. The van der Waals surface area contributed by atoms with Gasteiger partial charge in [0.05, 0.1) is 5.54 Å². The summed E-state index contributed by atoms with van der Waals surface area (Å²) in [5.41, 5.74) is 4.01. The van der Waals surface area contributed by atoms with E-state index in [9.17, 15) is 4.79 Å². The Kier molecular flexibility index (Phi) is 2.61. The third-order valence-electron chi connectivity index (χ3n) is 7.01. The summed E-state index contributed by atoms with van der Waals surface area (Å²) in [6.45, 7) is 5.65. The Bertz CT molecular complexity index is 807. The third-order valence-corrected chi connectivity index (χ3v) is 7.01. The lowest BCUT2D eigenvalue weighted by molar-refractivity contribution is -0.131. The molecule has 1 amide bonds. The van der Waals surface area contributed by atoms with E-state index in [1.807, 2.05) is 0 Å². The molecule has 120 valence electrons. The molecule has 5 rings (SSSR count). The molecule has 3 heteroatoms. The van der Waals surface area contributed by atoms with Gasteiger partial charge in [0.25, 0.3) is 0 Å². The number of hydrogen-bond donors (Lipinski definition) is 1. The number of carbonyl (C=O) groups excluding carboxylic acids is 1. The number of para-hydroxylation sites is 1. The largest absolute Gasteiger partial charge is 0.356 e. The summed E-state index contributed by atoms with van der Waals surface area (Å²) in [7, 11) is 0. The van der Waals surface area contributed by atoms with Gasteiger partial charge in [0, 0.05) is 29.6 Å². The molecule has 2 aliphatic heterocycles. The SMILES string of the molecule is C[C@@H]1[C@@H](C)C[C@@]23c4[nH]c5ccccc5c4CCCN2C(=O)C[C@@H]13. The second kappa shape index (κ2) is 4.40. The first-order valence-corrected chi connectivity index (χ1v) is 9.03. The smallest absolute Gasteiger partial charge is 0.223 e. The number of hydrogen-bond acceptors (Lipinski definition) is 1. The highest BCUT2D eigenvalue weighted by Gasteiger charge is 2.62. The van der Waals surface area contributed by atoms with Gasteiger partial charge in [0.2, 0.25) is 5.91 Å². The molecule has 0 bridgehead atoms. The lowest BCUT2D eigenvalue weighted by atomic mass is 9.80. The molecule has 2 aromatic rings. The van der Waals surface area contributed by atoms with E-state index in [1.165, 1.54) is 22.2 Å². The van der Waals surface area contributed by atoms with E-state index < -0.39 is 0 Å². The quantitative estimate of drug-likeness (QED) is 0.789. The maximum atomic E-state index is 12.8. The standard InChI is InChI=1S/C20H24N2O/c1-12-11-20-16(13(12)2)10-18(23)22(20)9-5-7-15-14-6-3-4-8-17(14)21-19(15)20/h3-4,6,8,12-13,16,21H,5,7,9-11H2,1-2H3/t12-,13+,16-,20+/m0/s1. The summed E-state index contributed by atoms with van der Waals surface area (Å²) in [6.07, 6.45) is 4.02. The van der Waals surface area contributed by atoms with Gasteiger partial charge in [0.15, 0.2) is 0 Å². The first-order chi connectivity index (χ1) is 11.1. The molecular formula is C20H24N2O. The average molecular weight is 308 g/mol. The number of nitrogens with zero attached hydrogens (tertiary/aromatic N) is 1. The molecule has 1 saturated carbocycles. The molecular weight excluding hydrogens is 284 g/mol. The van der Waals surface area contributed by atoms with Gasteiger partial charge < -0.3 is 9.88 Å². The van der Waals surface area contributed by atoms with Crippen molar-refractivity contribution in [3.63, 3.8) is 0 Å². The van der Waals surface area contributed by atoms with Gasteiger partial charge in [-0.1, -0.05) is 32.0 Å². The normalized spacial score (nSPS) is 36.0. The molecule has 1 N–H and O–H groups in total. The van der Waals surface area contributed by atoms with Crippen LogP contribution in [0.2, 0.25) is 0 Å². The zero-order valence-corrected chi connectivity index (χ0v) is 13.9.